The summed E-state index contributed by atoms with van der Waals surface area (Å²) in [6, 6.07) is -0.869. The van der Waals surface area contributed by atoms with Gasteiger partial charge in [0.2, 0.25) is 10.0 Å². The van der Waals surface area contributed by atoms with Crippen molar-refractivity contribution in [2.75, 3.05) is 18.8 Å². The number of nitrogens with zero attached hydrogens (tertiary/aromatic N) is 1. The molecule has 8 nitrogen and oxygen atoms in total. The number of rotatable bonds is 4. The SMILES string of the molecule is CC1C(C(=O)O)CCN1C(=O)NCCS(N)(=O)=O. The van der Waals surface area contributed by atoms with Crippen molar-refractivity contribution in [3.05, 3.63) is 0 Å². The average molecular weight is 279 g/mol. The topological polar surface area (TPSA) is 130 Å². The highest BCUT2D eigenvalue weighted by Crippen LogP contribution is 2.23. The maximum Gasteiger partial charge on any atom is 0.317 e. The maximum absolute atomic E-state index is 11.7. The average Bonchev–Trinajstić information content (AvgIpc) is 2.57. The van der Waals surface area contributed by atoms with Crippen LogP contribution in [0.1, 0.15) is 13.3 Å². The number of hydrogen-bond acceptors (Lipinski definition) is 4. The second-order valence-electron chi connectivity index (χ2n) is 4.27. The van der Waals surface area contributed by atoms with Crippen LogP contribution in [0.15, 0.2) is 0 Å². The number of carboxylic acid groups (broad SMARTS) is 1. The summed E-state index contributed by atoms with van der Waals surface area (Å²) in [5, 5.41) is 16.1. The highest BCUT2D eigenvalue weighted by molar-refractivity contribution is 7.89. The summed E-state index contributed by atoms with van der Waals surface area (Å²) >= 11 is 0. The van der Waals surface area contributed by atoms with Gasteiger partial charge in [-0.25, -0.2) is 18.4 Å². The molecule has 9 heteroatoms. The first-order valence-electron chi connectivity index (χ1n) is 5.50. The van der Waals surface area contributed by atoms with E-state index in [4.69, 9.17) is 10.2 Å². The minimum Gasteiger partial charge on any atom is -0.481 e. The van der Waals surface area contributed by atoms with Crippen molar-refractivity contribution >= 4 is 22.0 Å². The Balaban J connectivity index is 2.46. The molecule has 0 aliphatic carbocycles. The van der Waals surface area contributed by atoms with Gasteiger partial charge in [-0.15, -0.1) is 0 Å². The van der Waals surface area contributed by atoms with Crippen LogP contribution in [-0.4, -0.2) is 55.3 Å². The van der Waals surface area contributed by atoms with Gasteiger partial charge in [-0.2, -0.15) is 0 Å². The molecule has 1 fully saturated rings. The van der Waals surface area contributed by atoms with Gasteiger partial charge in [-0.1, -0.05) is 0 Å². The number of primary sulfonamides is 1. The number of carbonyl (C=O) groups excluding carboxylic acids is 1. The van der Waals surface area contributed by atoms with Gasteiger partial charge in [0.05, 0.1) is 11.7 Å². The molecule has 1 rings (SSSR count). The molecule has 0 radical (unpaired) electrons. The van der Waals surface area contributed by atoms with Gasteiger partial charge in [0.1, 0.15) is 0 Å². The van der Waals surface area contributed by atoms with Crippen molar-refractivity contribution < 1.29 is 23.1 Å². The standard InChI is InChI=1S/C9H17N3O5S/c1-6-7(8(13)14)2-4-12(6)9(15)11-3-5-18(10,16)17/h6-7H,2-5H2,1H3,(H,11,15)(H,13,14)(H2,10,16,17). The van der Waals surface area contributed by atoms with Crippen molar-refractivity contribution in [1.29, 1.82) is 0 Å². The van der Waals surface area contributed by atoms with E-state index in [2.05, 4.69) is 5.32 Å². The minimum atomic E-state index is -3.61. The van der Waals surface area contributed by atoms with E-state index in [-0.39, 0.29) is 12.3 Å². The number of amides is 2. The number of carboxylic acids is 1. The fourth-order valence-electron chi connectivity index (χ4n) is 1.96. The molecule has 0 aromatic carbocycles. The summed E-state index contributed by atoms with van der Waals surface area (Å²) in [6.45, 7) is 1.92. The number of sulfonamides is 1. The second kappa shape index (κ2) is 5.53. The van der Waals surface area contributed by atoms with Crippen LogP contribution in [0.5, 0.6) is 0 Å². The molecule has 0 saturated carbocycles. The first-order valence-corrected chi connectivity index (χ1v) is 7.21. The number of nitrogens with two attached hydrogens (primary N) is 1. The van der Waals surface area contributed by atoms with Gasteiger partial charge in [-0.05, 0) is 13.3 Å². The molecule has 1 aliphatic rings. The van der Waals surface area contributed by atoms with Crippen molar-refractivity contribution in [2.45, 2.75) is 19.4 Å². The van der Waals surface area contributed by atoms with Crippen molar-refractivity contribution in [3.8, 4) is 0 Å². The molecule has 0 aromatic rings. The van der Waals surface area contributed by atoms with Crippen LogP contribution in [0.3, 0.4) is 0 Å². The molecule has 0 bridgehead atoms. The van der Waals surface area contributed by atoms with Gasteiger partial charge in [0.15, 0.2) is 0 Å². The normalized spacial score (nSPS) is 24.0. The molecule has 18 heavy (non-hydrogen) atoms. The Morgan fingerprint density at radius 1 is 1.50 bits per heavy atom. The molecule has 1 heterocycles. The van der Waals surface area contributed by atoms with Crippen molar-refractivity contribution in [2.24, 2.45) is 11.1 Å². The molecule has 4 N–H and O–H groups in total. The van der Waals surface area contributed by atoms with Crippen LogP contribution < -0.4 is 10.5 Å². The van der Waals surface area contributed by atoms with Gasteiger partial charge in [-0.3, -0.25) is 4.79 Å². The molecule has 0 spiro atoms. The molecule has 2 atom stereocenters. The summed E-state index contributed by atoms with van der Waals surface area (Å²) in [5.74, 6) is -1.85. The van der Waals surface area contributed by atoms with Gasteiger partial charge >= 0.3 is 12.0 Å². The number of likely N-dealkylation sites (tertiary alicyclic amines) is 1. The predicted octanol–water partition coefficient (Wildman–Crippen LogP) is -1.22. The third kappa shape index (κ3) is 3.84. The second-order valence-corrected chi connectivity index (χ2v) is 6.00. The molecule has 1 aliphatic heterocycles. The Morgan fingerprint density at radius 2 is 2.11 bits per heavy atom. The first-order chi connectivity index (χ1) is 8.22. The van der Waals surface area contributed by atoms with Crippen molar-refractivity contribution in [3.63, 3.8) is 0 Å². The minimum absolute atomic E-state index is 0.0847. The Kier molecular flexibility index (Phi) is 4.52. The molecule has 2 unspecified atom stereocenters. The van der Waals surface area contributed by atoms with E-state index in [1.807, 2.05) is 0 Å². The fourth-order valence-corrected chi connectivity index (χ4v) is 2.34. The Labute approximate surface area is 105 Å². The van der Waals surface area contributed by atoms with E-state index >= 15 is 0 Å². The van der Waals surface area contributed by atoms with Gasteiger partial charge in [0, 0.05) is 19.1 Å². The molecule has 0 aromatic heterocycles. The van der Waals surface area contributed by atoms with Gasteiger partial charge in [0.25, 0.3) is 0 Å². The van der Waals surface area contributed by atoms with Crippen molar-refractivity contribution in [1.82, 2.24) is 10.2 Å². The zero-order valence-corrected chi connectivity index (χ0v) is 10.8. The fraction of sp³-hybridized carbons (Fsp3) is 0.778. The smallest absolute Gasteiger partial charge is 0.317 e. The highest BCUT2D eigenvalue weighted by Gasteiger charge is 2.37. The zero-order chi connectivity index (χ0) is 13.9. The van der Waals surface area contributed by atoms with Crippen LogP contribution in [0.2, 0.25) is 0 Å². The van der Waals surface area contributed by atoms with Crippen LogP contribution in [0.4, 0.5) is 4.79 Å². The number of carbonyl (C=O) groups is 2. The Morgan fingerprint density at radius 3 is 2.56 bits per heavy atom. The third-order valence-electron chi connectivity index (χ3n) is 3.00. The van der Waals surface area contributed by atoms with Crippen LogP contribution in [0, 0.1) is 5.92 Å². The molecular formula is C9H17N3O5S. The quantitative estimate of drug-likeness (QED) is 0.594. The molecule has 1 saturated heterocycles. The van der Waals surface area contributed by atoms with Crippen LogP contribution in [0.25, 0.3) is 0 Å². The molecule has 104 valence electrons. The summed E-state index contributed by atoms with van der Waals surface area (Å²) in [6.07, 6.45) is 0.402. The van der Waals surface area contributed by atoms with E-state index < -0.39 is 34.0 Å². The van der Waals surface area contributed by atoms with Crippen LogP contribution >= 0.6 is 0 Å². The molecule has 2 amide bonds. The summed E-state index contributed by atoms with van der Waals surface area (Å²) in [4.78, 5) is 24.0. The number of aliphatic carboxylic acids is 1. The Bertz CT molecular complexity index is 435. The van der Waals surface area contributed by atoms with E-state index in [1.54, 1.807) is 6.92 Å². The number of nitrogens with one attached hydrogen (secondary N) is 1. The lowest BCUT2D eigenvalue weighted by atomic mass is 10.0. The lowest BCUT2D eigenvalue weighted by Crippen LogP contribution is -2.45. The van der Waals surface area contributed by atoms with Gasteiger partial charge < -0.3 is 15.3 Å². The predicted molar refractivity (Wildman–Crippen MR) is 63.3 cm³/mol. The number of urea groups is 1. The summed E-state index contributed by atoms with van der Waals surface area (Å²) in [7, 11) is -3.61. The lowest BCUT2D eigenvalue weighted by molar-refractivity contribution is -0.142. The van der Waals surface area contributed by atoms with E-state index in [0.717, 1.165) is 0 Å². The van der Waals surface area contributed by atoms with Crippen LogP contribution in [-0.2, 0) is 14.8 Å². The lowest BCUT2D eigenvalue weighted by Gasteiger charge is -2.23. The summed E-state index contributed by atoms with van der Waals surface area (Å²) in [5.41, 5.74) is 0. The van der Waals surface area contributed by atoms with E-state index in [1.165, 1.54) is 4.90 Å². The maximum atomic E-state index is 11.7. The van der Waals surface area contributed by atoms with E-state index in [9.17, 15) is 18.0 Å². The highest BCUT2D eigenvalue weighted by atomic mass is 32.2. The molecular weight excluding hydrogens is 262 g/mol. The first kappa shape index (κ1) is 14.7. The zero-order valence-electron chi connectivity index (χ0n) is 10.00. The monoisotopic (exact) mass is 279 g/mol. The summed E-state index contributed by atoms with van der Waals surface area (Å²) < 4.78 is 21.3. The number of hydrogen-bond donors (Lipinski definition) is 3. The van der Waals surface area contributed by atoms with E-state index in [0.29, 0.717) is 13.0 Å². The Hall–Kier alpha value is -1.35. The third-order valence-corrected chi connectivity index (χ3v) is 3.77. The largest absolute Gasteiger partial charge is 0.481 e.